The SMILES string of the molecule is CCC(c1ccccc1)N(CC)C1CNC1. The van der Waals surface area contributed by atoms with E-state index < -0.39 is 0 Å². The summed E-state index contributed by atoms with van der Waals surface area (Å²) in [5, 5.41) is 3.36. The molecule has 0 spiro atoms. The van der Waals surface area contributed by atoms with Gasteiger partial charge in [-0.3, -0.25) is 4.90 Å². The minimum absolute atomic E-state index is 0.582. The summed E-state index contributed by atoms with van der Waals surface area (Å²) in [5.41, 5.74) is 1.46. The second kappa shape index (κ2) is 5.46. The second-order valence-corrected chi connectivity index (χ2v) is 4.48. The summed E-state index contributed by atoms with van der Waals surface area (Å²) >= 11 is 0. The highest BCUT2D eigenvalue weighted by Gasteiger charge is 2.28. The van der Waals surface area contributed by atoms with E-state index >= 15 is 0 Å². The number of likely N-dealkylation sites (N-methyl/N-ethyl adjacent to an activating group) is 1. The van der Waals surface area contributed by atoms with E-state index in [1.807, 2.05) is 0 Å². The minimum Gasteiger partial charge on any atom is -0.314 e. The van der Waals surface area contributed by atoms with Gasteiger partial charge in [-0.25, -0.2) is 0 Å². The molecule has 16 heavy (non-hydrogen) atoms. The predicted octanol–water partition coefficient (Wildman–Crippen LogP) is 2.43. The zero-order chi connectivity index (χ0) is 11.4. The summed E-state index contributed by atoms with van der Waals surface area (Å²) in [7, 11) is 0. The molecule has 2 heteroatoms. The van der Waals surface area contributed by atoms with Crippen molar-refractivity contribution in [2.45, 2.75) is 32.4 Å². The molecule has 0 aliphatic carbocycles. The average Bonchev–Trinajstić information content (AvgIpc) is 2.27. The average molecular weight is 218 g/mol. The van der Waals surface area contributed by atoms with Crippen LogP contribution in [0.25, 0.3) is 0 Å². The Kier molecular flexibility index (Phi) is 3.97. The van der Waals surface area contributed by atoms with Crippen molar-refractivity contribution in [2.75, 3.05) is 19.6 Å². The van der Waals surface area contributed by atoms with Crippen molar-refractivity contribution in [1.82, 2.24) is 10.2 Å². The molecule has 1 unspecified atom stereocenters. The highest BCUT2D eigenvalue weighted by Crippen LogP contribution is 2.26. The first kappa shape index (κ1) is 11.6. The standard InChI is InChI=1S/C14H22N2/c1-3-14(12-8-6-5-7-9-12)16(4-2)13-10-15-11-13/h5-9,13-15H,3-4,10-11H2,1-2H3. The lowest BCUT2D eigenvalue weighted by atomic mass is 9.99. The third-order valence-electron chi connectivity index (χ3n) is 3.57. The molecule has 1 heterocycles. The minimum atomic E-state index is 0.582. The zero-order valence-corrected chi connectivity index (χ0v) is 10.3. The van der Waals surface area contributed by atoms with Crippen LogP contribution in [0.15, 0.2) is 30.3 Å². The highest BCUT2D eigenvalue weighted by molar-refractivity contribution is 5.19. The van der Waals surface area contributed by atoms with Gasteiger partial charge in [-0.2, -0.15) is 0 Å². The van der Waals surface area contributed by atoms with Gasteiger partial charge in [0.2, 0.25) is 0 Å². The van der Waals surface area contributed by atoms with E-state index in [4.69, 9.17) is 0 Å². The maximum Gasteiger partial charge on any atom is 0.0351 e. The summed E-state index contributed by atoms with van der Waals surface area (Å²) in [4.78, 5) is 2.63. The van der Waals surface area contributed by atoms with Gasteiger partial charge in [0.05, 0.1) is 0 Å². The van der Waals surface area contributed by atoms with E-state index in [1.54, 1.807) is 0 Å². The van der Waals surface area contributed by atoms with Crippen molar-refractivity contribution >= 4 is 0 Å². The predicted molar refractivity (Wildman–Crippen MR) is 68.5 cm³/mol. The topological polar surface area (TPSA) is 15.3 Å². The van der Waals surface area contributed by atoms with Crippen molar-refractivity contribution in [1.29, 1.82) is 0 Å². The molecule has 1 aliphatic rings. The molecule has 88 valence electrons. The van der Waals surface area contributed by atoms with Crippen molar-refractivity contribution in [3.05, 3.63) is 35.9 Å². The maximum absolute atomic E-state index is 3.36. The second-order valence-electron chi connectivity index (χ2n) is 4.48. The Balaban J connectivity index is 2.13. The van der Waals surface area contributed by atoms with E-state index in [9.17, 15) is 0 Å². The summed E-state index contributed by atoms with van der Waals surface area (Å²) in [6.07, 6.45) is 1.19. The molecule has 0 bridgehead atoms. The van der Waals surface area contributed by atoms with Gasteiger partial charge in [-0.1, -0.05) is 44.2 Å². The number of nitrogens with one attached hydrogen (secondary N) is 1. The van der Waals surface area contributed by atoms with Gasteiger partial charge in [0.25, 0.3) is 0 Å². The summed E-state index contributed by atoms with van der Waals surface area (Å²) < 4.78 is 0. The number of nitrogens with zero attached hydrogens (tertiary/aromatic N) is 1. The Morgan fingerprint density at radius 1 is 1.25 bits per heavy atom. The fraction of sp³-hybridized carbons (Fsp3) is 0.571. The Morgan fingerprint density at radius 3 is 2.38 bits per heavy atom. The van der Waals surface area contributed by atoms with Crippen molar-refractivity contribution in [2.24, 2.45) is 0 Å². The smallest absolute Gasteiger partial charge is 0.0351 e. The maximum atomic E-state index is 3.36. The van der Waals surface area contributed by atoms with Crippen LogP contribution in [0.3, 0.4) is 0 Å². The van der Waals surface area contributed by atoms with Crippen LogP contribution in [-0.2, 0) is 0 Å². The molecule has 1 atom stereocenters. The molecule has 1 aliphatic heterocycles. The summed E-state index contributed by atoms with van der Waals surface area (Å²) in [6, 6.07) is 12.2. The van der Waals surface area contributed by atoms with Gasteiger partial charge in [0.1, 0.15) is 0 Å². The van der Waals surface area contributed by atoms with Crippen LogP contribution in [0.1, 0.15) is 31.9 Å². The fourth-order valence-corrected chi connectivity index (χ4v) is 2.58. The van der Waals surface area contributed by atoms with Crippen LogP contribution in [0, 0.1) is 0 Å². The highest BCUT2D eigenvalue weighted by atomic mass is 15.2. The molecule has 1 fully saturated rings. The van der Waals surface area contributed by atoms with E-state index in [2.05, 4.69) is 54.4 Å². The number of hydrogen-bond donors (Lipinski definition) is 1. The molecule has 1 aromatic carbocycles. The van der Waals surface area contributed by atoms with Gasteiger partial charge in [-0.15, -0.1) is 0 Å². The van der Waals surface area contributed by atoms with E-state index in [0.29, 0.717) is 6.04 Å². The Bertz CT molecular complexity index is 306. The molecule has 1 N–H and O–H groups in total. The monoisotopic (exact) mass is 218 g/mol. The van der Waals surface area contributed by atoms with Crippen LogP contribution >= 0.6 is 0 Å². The zero-order valence-electron chi connectivity index (χ0n) is 10.3. The van der Waals surface area contributed by atoms with Gasteiger partial charge in [0, 0.05) is 25.2 Å². The molecule has 1 aromatic rings. The van der Waals surface area contributed by atoms with Crippen molar-refractivity contribution in [3.63, 3.8) is 0 Å². The van der Waals surface area contributed by atoms with E-state index in [1.165, 1.54) is 12.0 Å². The normalized spacial score (nSPS) is 18.4. The molecule has 2 rings (SSSR count). The number of hydrogen-bond acceptors (Lipinski definition) is 2. The molecular weight excluding hydrogens is 196 g/mol. The van der Waals surface area contributed by atoms with Crippen LogP contribution < -0.4 is 5.32 Å². The molecule has 0 aromatic heterocycles. The first-order chi connectivity index (χ1) is 7.86. The Labute approximate surface area is 98.7 Å². The first-order valence-electron chi connectivity index (χ1n) is 6.38. The molecule has 0 saturated carbocycles. The van der Waals surface area contributed by atoms with Gasteiger partial charge < -0.3 is 5.32 Å². The Hall–Kier alpha value is -0.860. The van der Waals surface area contributed by atoms with Crippen molar-refractivity contribution < 1.29 is 0 Å². The van der Waals surface area contributed by atoms with Gasteiger partial charge >= 0.3 is 0 Å². The molecule has 2 nitrogen and oxygen atoms in total. The fourth-order valence-electron chi connectivity index (χ4n) is 2.58. The Morgan fingerprint density at radius 2 is 1.94 bits per heavy atom. The number of benzene rings is 1. The lowest BCUT2D eigenvalue weighted by Gasteiger charge is -2.42. The molecule has 0 radical (unpaired) electrons. The van der Waals surface area contributed by atoms with Crippen LogP contribution in [-0.4, -0.2) is 30.6 Å². The van der Waals surface area contributed by atoms with Crippen LogP contribution in [0.5, 0.6) is 0 Å². The lowest BCUT2D eigenvalue weighted by molar-refractivity contribution is 0.0981. The van der Waals surface area contributed by atoms with Gasteiger partial charge in [-0.05, 0) is 18.5 Å². The molecule has 0 amide bonds. The van der Waals surface area contributed by atoms with E-state index in [-0.39, 0.29) is 0 Å². The van der Waals surface area contributed by atoms with E-state index in [0.717, 1.165) is 25.7 Å². The summed E-state index contributed by atoms with van der Waals surface area (Å²) in [6.45, 7) is 7.99. The first-order valence-corrected chi connectivity index (χ1v) is 6.38. The van der Waals surface area contributed by atoms with Crippen molar-refractivity contribution in [3.8, 4) is 0 Å². The molecular formula is C14H22N2. The third-order valence-corrected chi connectivity index (χ3v) is 3.57. The lowest BCUT2D eigenvalue weighted by Crippen LogP contribution is -2.57. The van der Waals surface area contributed by atoms with Crippen LogP contribution in [0.2, 0.25) is 0 Å². The largest absolute Gasteiger partial charge is 0.314 e. The summed E-state index contributed by atoms with van der Waals surface area (Å²) in [5.74, 6) is 0. The quantitative estimate of drug-likeness (QED) is 0.816. The molecule has 1 saturated heterocycles. The van der Waals surface area contributed by atoms with Crippen LogP contribution in [0.4, 0.5) is 0 Å². The number of rotatable bonds is 5. The van der Waals surface area contributed by atoms with Gasteiger partial charge in [0.15, 0.2) is 0 Å². The third kappa shape index (κ3) is 2.28.